The molecule has 20 heavy (non-hydrogen) atoms. The third-order valence-corrected chi connectivity index (χ3v) is 3.58. The van der Waals surface area contributed by atoms with Crippen LogP contribution in [-0.4, -0.2) is 22.0 Å². The van der Waals surface area contributed by atoms with E-state index >= 15 is 0 Å². The van der Waals surface area contributed by atoms with E-state index in [1.807, 2.05) is 6.92 Å². The van der Waals surface area contributed by atoms with Crippen LogP contribution in [0.15, 0.2) is 18.2 Å². The lowest BCUT2D eigenvalue weighted by atomic mass is 9.95. The Morgan fingerprint density at radius 3 is 2.45 bits per heavy atom. The number of aromatic carboxylic acids is 1. The summed E-state index contributed by atoms with van der Waals surface area (Å²) in [5.74, 6) is -0.721. The predicted molar refractivity (Wildman–Crippen MR) is 77.2 cm³/mol. The molecule has 6 nitrogen and oxygen atoms in total. The molecule has 0 bridgehead atoms. The first-order valence-corrected chi connectivity index (χ1v) is 6.68. The molecule has 110 valence electrons. The highest BCUT2D eigenvalue weighted by molar-refractivity contribution is 5.90. The van der Waals surface area contributed by atoms with Gasteiger partial charge in [-0.15, -0.1) is 0 Å². The lowest BCUT2D eigenvalue weighted by Gasteiger charge is -2.23. The molecule has 1 unspecified atom stereocenters. The van der Waals surface area contributed by atoms with Crippen LogP contribution in [-0.2, 0) is 0 Å². The number of nitro benzene ring substituents is 1. The molecule has 0 amide bonds. The summed E-state index contributed by atoms with van der Waals surface area (Å²) in [5.41, 5.74) is 0.192. The molecule has 0 aromatic heterocycles. The number of carboxylic acids is 1. The minimum absolute atomic E-state index is 0.0349. The van der Waals surface area contributed by atoms with Gasteiger partial charge in [0.25, 0.3) is 5.69 Å². The first-order chi connectivity index (χ1) is 9.40. The summed E-state index contributed by atoms with van der Waals surface area (Å²) in [4.78, 5) is 21.5. The van der Waals surface area contributed by atoms with Gasteiger partial charge in [-0.3, -0.25) is 10.1 Å². The molecule has 0 aliphatic carbocycles. The molecule has 1 atom stereocenters. The second kappa shape index (κ2) is 6.88. The Kier molecular flexibility index (Phi) is 5.49. The number of anilines is 1. The number of nitrogens with one attached hydrogen (secondary N) is 1. The second-order valence-electron chi connectivity index (χ2n) is 4.80. The van der Waals surface area contributed by atoms with E-state index in [0.29, 0.717) is 5.92 Å². The first kappa shape index (κ1) is 15.9. The Hall–Kier alpha value is -2.11. The Balaban J connectivity index is 3.10. The molecule has 1 rings (SSSR count). The maximum atomic E-state index is 11.0. The summed E-state index contributed by atoms with van der Waals surface area (Å²) < 4.78 is 0. The topological polar surface area (TPSA) is 92.5 Å². The second-order valence-corrected chi connectivity index (χ2v) is 4.80. The number of benzene rings is 1. The van der Waals surface area contributed by atoms with Crippen molar-refractivity contribution < 1.29 is 14.8 Å². The number of carbonyl (C=O) groups is 1. The molecule has 0 spiro atoms. The summed E-state index contributed by atoms with van der Waals surface area (Å²) in [6, 6.07) is 3.82. The van der Waals surface area contributed by atoms with E-state index in [0.717, 1.165) is 12.8 Å². The highest BCUT2D eigenvalue weighted by Crippen LogP contribution is 2.28. The van der Waals surface area contributed by atoms with Gasteiger partial charge in [-0.2, -0.15) is 0 Å². The lowest BCUT2D eigenvalue weighted by Crippen LogP contribution is -2.25. The standard InChI is InChI=1S/C14H20N2O4/c1-4-10(5-2)9(3)15-12-8-11(14(17)18)6-7-13(12)16(19)20/h6-10,15H,4-5H2,1-3H3,(H,17,18). The zero-order valence-electron chi connectivity index (χ0n) is 11.9. The van der Waals surface area contributed by atoms with Crippen molar-refractivity contribution in [2.24, 2.45) is 5.92 Å². The van der Waals surface area contributed by atoms with Crippen LogP contribution in [0.3, 0.4) is 0 Å². The van der Waals surface area contributed by atoms with Crippen LogP contribution < -0.4 is 5.32 Å². The minimum atomic E-state index is -1.10. The van der Waals surface area contributed by atoms with E-state index in [1.165, 1.54) is 18.2 Å². The molecule has 0 aliphatic heterocycles. The SMILES string of the molecule is CCC(CC)C(C)Nc1cc(C(=O)O)ccc1[N+](=O)[O-]. The van der Waals surface area contributed by atoms with Gasteiger partial charge in [0.2, 0.25) is 0 Å². The maximum Gasteiger partial charge on any atom is 0.335 e. The fourth-order valence-electron chi connectivity index (χ4n) is 2.30. The lowest BCUT2D eigenvalue weighted by molar-refractivity contribution is -0.384. The normalized spacial score (nSPS) is 12.2. The molecule has 1 aromatic carbocycles. The van der Waals surface area contributed by atoms with Crippen LogP contribution in [0.25, 0.3) is 0 Å². The Bertz CT molecular complexity index is 498. The molecular formula is C14H20N2O4. The summed E-state index contributed by atoms with van der Waals surface area (Å²) in [7, 11) is 0. The summed E-state index contributed by atoms with van der Waals surface area (Å²) in [6.07, 6.45) is 1.91. The third kappa shape index (κ3) is 3.69. The fraction of sp³-hybridized carbons (Fsp3) is 0.500. The number of rotatable bonds is 7. The van der Waals surface area contributed by atoms with Gasteiger partial charge in [-0.25, -0.2) is 4.79 Å². The average molecular weight is 280 g/mol. The van der Waals surface area contributed by atoms with Gasteiger partial charge in [-0.05, 0) is 25.0 Å². The number of hydrogen-bond donors (Lipinski definition) is 2. The van der Waals surface area contributed by atoms with Crippen LogP contribution in [0.5, 0.6) is 0 Å². The molecule has 0 saturated heterocycles. The maximum absolute atomic E-state index is 11.0. The first-order valence-electron chi connectivity index (χ1n) is 6.68. The Labute approximate surface area is 118 Å². The largest absolute Gasteiger partial charge is 0.478 e. The van der Waals surface area contributed by atoms with E-state index in [1.54, 1.807) is 0 Å². The zero-order chi connectivity index (χ0) is 15.3. The van der Waals surface area contributed by atoms with Crippen molar-refractivity contribution in [1.82, 2.24) is 0 Å². The molecule has 2 N–H and O–H groups in total. The van der Waals surface area contributed by atoms with E-state index in [-0.39, 0.29) is 23.0 Å². The third-order valence-electron chi connectivity index (χ3n) is 3.58. The highest BCUT2D eigenvalue weighted by atomic mass is 16.6. The van der Waals surface area contributed by atoms with Gasteiger partial charge < -0.3 is 10.4 Å². The fourth-order valence-corrected chi connectivity index (χ4v) is 2.30. The van der Waals surface area contributed by atoms with Crippen LogP contribution in [0, 0.1) is 16.0 Å². The van der Waals surface area contributed by atoms with E-state index < -0.39 is 10.9 Å². The zero-order valence-corrected chi connectivity index (χ0v) is 11.9. The van der Waals surface area contributed by atoms with Crippen molar-refractivity contribution in [2.75, 3.05) is 5.32 Å². The molecule has 0 saturated carbocycles. The summed E-state index contributed by atoms with van der Waals surface area (Å²) >= 11 is 0. The minimum Gasteiger partial charge on any atom is -0.478 e. The molecule has 1 aromatic rings. The summed E-state index contributed by atoms with van der Waals surface area (Å²) in [5, 5.41) is 23.1. The van der Waals surface area contributed by atoms with Crippen molar-refractivity contribution in [3.8, 4) is 0 Å². The van der Waals surface area contributed by atoms with Gasteiger partial charge in [-0.1, -0.05) is 26.7 Å². The van der Waals surface area contributed by atoms with E-state index in [2.05, 4.69) is 19.2 Å². The molecular weight excluding hydrogens is 260 g/mol. The molecule has 0 fully saturated rings. The van der Waals surface area contributed by atoms with Gasteiger partial charge >= 0.3 is 5.97 Å². The van der Waals surface area contributed by atoms with E-state index in [4.69, 9.17) is 5.11 Å². The van der Waals surface area contributed by atoms with Crippen LogP contribution >= 0.6 is 0 Å². The van der Waals surface area contributed by atoms with Crippen molar-refractivity contribution >= 4 is 17.3 Å². The Morgan fingerprint density at radius 2 is 2.00 bits per heavy atom. The van der Waals surface area contributed by atoms with Crippen LogP contribution in [0.2, 0.25) is 0 Å². The van der Waals surface area contributed by atoms with Crippen molar-refractivity contribution in [2.45, 2.75) is 39.7 Å². The smallest absolute Gasteiger partial charge is 0.335 e. The van der Waals surface area contributed by atoms with Gasteiger partial charge in [0.15, 0.2) is 0 Å². The monoisotopic (exact) mass is 280 g/mol. The number of nitrogens with zero attached hydrogens (tertiary/aromatic N) is 1. The van der Waals surface area contributed by atoms with Crippen molar-refractivity contribution in [3.63, 3.8) is 0 Å². The molecule has 0 heterocycles. The number of hydrogen-bond acceptors (Lipinski definition) is 4. The molecule has 6 heteroatoms. The quantitative estimate of drug-likeness (QED) is 0.588. The predicted octanol–water partition coefficient (Wildman–Crippen LogP) is 3.53. The van der Waals surface area contributed by atoms with Crippen LogP contribution in [0.1, 0.15) is 44.0 Å². The van der Waals surface area contributed by atoms with Gasteiger partial charge in [0, 0.05) is 12.1 Å². The molecule has 0 radical (unpaired) electrons. The van der Waals surface area contributed by atoms with E-state index in [9.17, 15) is 14.9 Å². The van der Waals surface area contributed by atoms with Crippen LogP contribution in [0.4, 0.5) is 11.4 Å². The van der Waals surface area contributed by atoms with Gasteiger partial charge in [0.1, 0.15) is 5.69 Å². The summed E-state index contributed by atoms with van der Waals surface area (Å²) in [6.45, 7) is 6.08. The van der Waals surface area contributed by atoms with Crippen molar-refractivity contribution in [3.05, 3.63) is 33.9 Å². The number of nitro groups is 1. The molecule has 0 aliphatic rings. The Morgan fingerprint density at radius 1 is 1.40 bits per heavy atom. The van der Waals surface area contributed by atoms with Gasteiger partial charge in [0.05, 0.1) is 10.5 Å². The number of carboxylic acid groups (broad SMARTS) is 1. The van der Waals surface area contributed by atoms with Crippen molar-refractivity contribution in [1.29, 1.82) is 0 Å². The average Bonchev–Trinajstić information content (AvgIpc) is 2.39. The highest BCUT2D eigenvalue weighted by Gasteiger charge is 2.20.